The first-order valence-electron chi connectivity index (χ1n) is 4.71. The van der Waals surface area contributed by atoms with Crippen molar-refractivity contribution >= 4 is 0 Å². The number of rotatable bonds is 3. The van der Waals surface area contributed by atoms with Gasteiger partial charge in [0.2, 0.25) is 0 Å². The van der Waals surface area contributed by atoms with Crippen LogP contribution in [0.5, 0.6) is 0 Å². The molecule has 1 unspecified atom stereocenters. The zero-order valence-electron chi connectivity index (χ0n) is 8.85. The van der Waals surface area contributed by atoms with E-state index in [0.717, 1.165) is 0 Å². The van der Waals surface area contributed by atoms with Gasteiger partial charge < -0.3 is 10.8 Å². The van der Waals surface area contributed by atoms with Crippen molar-refractivity contribution in [2.24, 2.45) is 5.73 Å². The predicted octanol–water partition coefficient (Wildman–Crippen LogP) is 1.48. The Hall–Kier alpha value is -1.00. The van der Waals surface area contributed by atoms with Gasteiger partial charge in [0.15, 0.2) is 0 Å². The molecule has 84 valence electrons. The van der Waals surface area contributed by atoms with Crippen LogP contribution >= 0.6 is 0 Å². The molecule has 15 heavy (non-hydrogen) atoms. The van der Waals surface area contributed by atoms with Crippen molar-refractivity contribution in [2.45, 2.75) is 19.3 Å². The van der Waals surface area contributed by atoms with Crippen LogP contribution in [0.1, 0.15) is 18.1 Å². The summed E-state index contributed by atoms with van der Waals surface area (Å²) in [7, 11) is 0. The van der Waals surface area contributed by atoms with E-state index in [1.807, 2.05) is 0 Å². The summed E-state index contributed by atoms with van der Waals surface area (Å²) in [6, 6.07) is 2.48. The Balaban J connectivity index is 3.36. The highest BCUT2D eigenvalue weighted by Crippen LogP contribution is 2.28. The van der Waals surface area contributed by atoms with Gasteiger partial charge in [-0.25, -0.2) is 8.78 Å². The van der Waals surface area contributed by atoms with E-state index in [-0.39, 0.29) is 18.7 Å². The van der Waals surface area contributed by atoms with E-state index in [2.05, 4.69) is 0 Å². The molecule has 0 aliphatic heterocycles. The summed E-state index contributed by atoms with van der Waals surface area (Å²) in [6.45, 7) is 2.74. The third-order valence-electron chi connectivity index (χ3n) is 2.59. The Morgan fingerprint density at radius 2 is 1.80 bits per heavy atom. The van der Waals surface area contributed by atoms with Gasteiger partial charge in [0, 0.05) is 17.5 Å². The third kappa shape index (κ3) is 2.16. The van der Waals surface area contributed by atoms with E-state index < -0.39 is 17.0 Å². The molecular weight excluding hydrogens is 200 g/mol. The van der Waals surface area contributed by atoms with Crippen molar-refractivity contribution in [3.8, 4) is 0 Å². The van der Waals surface area contributed by atoms with E-state index >= 15 is 0 Å². The lowest BCUT2D eigenvalue weighted by Gasteiger charge is -2.27. The molecule has 1 aromatic rings. The third-order valence-corrected chi connectivity index (χ3v) is 2.59. The highest BCUT2D eigenvalue weighted by Gasteiger charge is 2.30. The van der Waals surface area contributed by atoms with Crippen LogP contribution in [-0.4, -0.2) is 18.3 Å². The van der Waals surface area contributed by atoms with Crippen LogP contribution in [0.25, 0.3) is 0 Å². The van der Waals surface area contributed by atoms with Crippen LogP contribution in [0.3, 0.4) is 0 Å². The normalized spacial score (nSPS) is 15.1. The average molecular weight is 215 g/mol. The molecule has 0 saturated heterocycles. The minimum absolute atomic E-state index is 0.0135. The quantitative estimate of drug-likeness (QED) is 0.802. The summed E-state index contributed by atoms with van der Waals surface area (Å²) in [5, 5.41) is 9.14. The number of nitrogens with two attached hydrogens (primary N) is 1. The zero-order valence-corrected chi connectivity index (χ0v) is 8.85. The second-order valence-electron chi connectivity index (χ2n) is 4.03. The molecule has 4 heteroatoms. The standard InChI is InChI=1S/C11H15F2NO/c1-7-3-8(12)10(9(13)4-7)11(2,5-14)6-15/h3-4,15H,5-6,14H2,1-2H3. The number of aliphatic hydroxyl groups excluding tert-OH is 1. The number of aryl methyl sites for hydroxylation is 1. The lowest BCUT2D eigenvalue weighted by molar-refractivity contribution is 0.202. The van der Waals surface area contributed by atoms with Gasteiger partial charge in [-0.15, -0.1) is 0 Å². The van der Waals surface area contributed by atoms with E-state index in [4.69, 9.17) is 10.8 Å². The molecule has 1 rings (SSSR count). The highest BCUT2D eigenvalue weighted by molar-refractivity contribution is 5.32. The highest BCUT2D eigenvalue weighted by atomic mass is 19.1. The van der Waals surface area contributed by atoms with Gasteiger partial charge in [0.25, 0.3) is 0 Å². The molecule has 0 saturated carbocycles. The summed E-state index contributed by atoms with van der Waals surface area (Å²) < 4.78 is 27.1. The van der Waals surface area contributed by atoms with Crippen LogP contribution in [0, 0.1) is 18.6 Å². The lowest BCUT2D eigenvalue weighted by atomic mass is 9.82. The smallest absolute Gasteiger partial charge is 0.130 e. The van der Waals surface area contributed by atoms with E-state index in [9.17, 15) is 8.78 Å². The van der Waals surface area contributed by atoms with Gasteiger partial charge >= 0.3 is 0 Å². The zero-order chi connectivity index (χ0) is 11.6. The Labute approximate surface area is 87.7 Å². The minimum atomic E-state index is -1.07. The average Bonchev–Trinajstić information content (AvgIpc) is 2.15. The molecular formula is C11H15F2NO. The Morgan fingerprint density at radius 1 is 1.33 bits per heavy atom. The second-order valence-corrected chi connectivity index (χ2v) is 4.03. The van der Waals surface area contributed by atoms with Crippen molar-refractivity contribution in [2.75, 3.05) is 13.2 Å². The molecule has 0 radical (unpaired) electrons. The van der Waals surface area contributed by atoms with Crippen molar-refractivity contribution in [3.63, 3.8) is 0 Å². The Bertz CT molecular complexity index is 339. The van der Waals surface area contributed by atoms with E-state index in [0.29, 0.717) is 5.56 Å². The second kappa shape index (κ2) is 4.24. The molecule has 0 aliphatic carbocycles. The van der Waals surface area contributed by atoms with E-state index in [1.165, 1.54) is 19.1 Å². The molecule has 0 aliphatic rings. The Kier molecular flexibility index (Phi) is 3.42. The summed E-state index contributed by atoms with van der Waals surface area (Å²) in [6.07, 6.45) is 0. The van der Waals surface area contributed by atoms with Crippen molar-refractivity contribution < 1.29 is 13.9 Å². The number of hydrogen-bond acceptors (Lipinski definition) is 2. The van der Waals surface area contributed by atoms with Crippen LogP contribution < -0.4 is 5.73 Å². The molecule has 1 aromatic carbocycles. The molecule has 0 heterocycles. The SMILES string of the molecule is Cc1cc(F)c(C(C)(CN)CO)c(F)c1. The van der Waals surface area contributed by atoms with Crippen LogP contribution in [0.4, 0.5) is 8.78 Å². The Morgan fingerprint density at radius 3 is 2.13 bits per heavy atom. The molecule has 1 atom stereocenters. The first-order chi connectivity index (χ1) is 6.94. The largest absolute Gasteiger partial charge is 0.395 e. The first-order valence-corrected chi connectivity index (χ1v) is 4.71. The molecule has 0 fully saturated rings. The maximum Gasteiger partial charge on any atom is 0.130 e. The van der Waals surface area contributed by atoms with Gasteiger partial charge in [0.05, 0.1) is 6.61 Å². The van der Waals surface area contributed by atoms with Crippen molar-refractivity contribution in [1.82, 2.24) is 0 Å². The maximum atomic E-state index is 13.6. The maximum absolute atomic E-state index is 13.6. The first kappa shape index (κ1) is 12.1. The molecule has 3 N–H and O–H groups in total. The topological polar surface area (TPSA) is 46.2 Å². The number of benzene rings is 1. The van der Waals surface area contributed by atoms with Gasteiger partial charge in [-0.05, 0) is 24.6 Å². The van der Waals surface area contributed by atoms with Gasteiger partial charge in [0.1, 0.15) is 11.6 Å². The predicted molar refractivity (Wildman–Crippen MR) is 54.6 cm³/mol. The van der Waals surface area contributed by atoms with Gasteiger partial charge in [-0.1, -0.05) is 6.92 Å². The summed E-state index contributed by atoms with van der Waals surface area (Å²) in [5.74, 6) is -1.32. The number of halogens is 2. The van der Waals surface area contributed by atoms with Crippen LogP contribution in [0.2, 0.25) is 0 Å². The fourth-order valence-corrected chi connectivity index (χ4v) is 1.52. The monoisotopic (exact) mass is 215 g/mol. The number of aliphatic hydroxyl groups is 1. The van der Waals surface area contributed by atoms with Crippen LogP contribution in [-0.2, 0) is 5.41 Å². The van der Waals surface area contributed by atoms with Gasteiger partial charge in [-0.3, -0.25) is 0 Å². The fraction of sp³-hybridized carbons (Fsp3) is 0.455. The molecule has 0 bridgehead atoms. The van der Waals surface area contributed by atoms with E-state index in [1.54, 1.807) is 6.92 Å². The summed E-state index contributed by atoms with van der Waals surface area (Å²) in [4.78, 5) is 0. The van der Waals surface area contributed by atoms with Crippen molar-refractivity contribution in [3.05, 3.63) is 34.9 Å². The van der Waals surface area contributed by atoms with Gasteiger partial charge in [-0.2, -0.15) is 0 Å². The fourth-order valence-electron chi connectivity index (χ4n) is 1.52. The van der Waals surface area contributed by atoms with Crippen molar-refractivity contribution in [1.29, 1.82) is 0 Å². The van der Waals surface area contributed by atoms with Crippen LogP contribution in [0.15, 0.2) is 12.1 Å². The molecule has 0 spiro atoms. The number of hydrogen-bond donors (Lipinski definition) is 2. The molecule has 0 aromatic heterocycles. The molecule has 2 nitrogen and oxygen atoms in total. The summed E-state index contributed by atoms with van der Waals surface area (Å²) in [5.41, 5.74) is 4.73. The molecule has 0 amide bonds. The lowest BCUT2D eigenvalue weighted by Crippen LogP contribution is -2.37. The minimum Gasteiger partial charge on any atom is -0.395 e. The summed E-state index contributed by atoms with van der Waals surface area (Å²) >= 11 is 0.